The average molecular weight is 109 g/mol. The summed E-state index contributed by atoms with van der Waals surface area (Å²) in [5.74, 6) is 0. The predicted molar refractivity (Wildman–Crippen MR) is 37.4 cm³/mol. The van der Waals surface area contributed by atoms with E-state index in [-0.39, 0.29) is 0 Å². The van der Waals surface area contributed by atoms with Crippen molar-refractivity contribution in [3.63, 3.8) is 0 Å². The molecule has 0 saturated carbocycles. The van der Waals surface area contributed by atoms with Crippen LogP contribution in [0.1, 0.15) is 13.3 Å². The Hall–Kier alpha value is -0.850. The van der Waals surface area contributed by atoms with Crippen molar-refractivity contribution in [2.24, 2.45) is 0 Å². The summed E-state index contributed by atoms with van der Waals surface area (Å²) >= 11 is 0. The fourth-order valence-electron chi connectivity index (χ4n) is 0.419. The van der Waals surface area contributed by atoms with Crippen LogP contribution in [0.2, 0.25) is 0 Å². The fraction of sp³-hybridized carbons (Fsp3) is 0.286. The molecule has 0 aromatic heterocycles. The van der Waals surface area contributed by atoms with Gasteiger partial charge < -0.3 is 5.41 Å². The molecule has 0 radical (unpaired) electrons. The van der Waals surface area contributed by atoms with E-state index in [2.05, 4.69) is 6.58 Å². The van der Waals surface area contributed by atoms with E-state index in [4.69, 9.17) is 5.41 Å². The molecule has 0 saturated heterocycles. The van der Waals surface area contributed by atoms with E-state index in [0.29, 0.717) is 0 Å². The zero-order valence-corrected chi connectivity index (χ0v) is 5.15. The molecule has 1 N–H and O–H groups in total. The Labute approximate surface area is 50.2 Å². The van der Waals surface area contributed by atoms with Gasteiger partial charge in [0, 0.05) is 6.21 Å². The quantitative estimate of drug-likeness (QED) is 0.424. The molecule has 0 unspecified atom stereocenters. The Balaban J connectivity index is 3.84. The summed E-state index contributed by atoms with van der Waals surface area (Å²) in [6.45, 7) is 5.53. The summed E-state index contributed by atoms with van der Waals surface area (Å²) in [6, 6.07) is 0. The number of allylic oxidation sites excluding steroid dienone is 3. The second-order valence-electron chi connectivity index (χ2n) is 1.48. The summed E-state index contributed by atoms with van der Waals surface area (Å²) in [4.78, 5) is 0. The lowest BCUT2D eigenvalue weighted by Crippen LogP contribution is -1.77. The first-order valence-electron chi connectivity index (χ1n) is 2.67. The SMILES string of the molecule is C=C/C=C(\C=N)CC. The van der Waals surface area contributed by atoms with Gasteiger partial charge in [-0.15, -0.1) is 0 Å². The number of nitrogens with one attached hydrogen (secondary N) is 1. The molecular formula is C7H11N. The van der Waals surface area contributed by atoms with Gasteiger partial charge in [0.2, 0.25) is 0 Å². The molecule has 0 bridgehead atoms. The van der Waals surface area contributed by atoms with Crippen LogP contribution in [0.3, 0.4) is 0 Å². The van der Waals surface area contributed by atoms with E-state index < -0.39 is 0 Å². The van der Waals surface area contributed by atoms with Gasteiger partial charge >= 0.3 is 0 Å². The molecule has 0 fully saturated rings. The maximum Gasteiger partial charge on any atom is 0.0209 e. The minimum Gasteiger partial charge on any atom is -0.308 e. The number of hydrogen-bond acceptors (Lipinski definition) is 1. The van der Waals surface area contributed by atoms with Crippen LogP contribution in [0.4, 0.5) is 0 Å². The molecule has 0 aliphatic heterocycles. The average Bonchev–Trinajstić information content (AvgIpc) is 1.83. The lowest BCUT2D eigenvalue weighted by Gasteiger charge is -1.87. The molecule has 0 amide bonds. The van der Waals surface area contributed by atoms with E-state index in [9.17, 15) is 0 Å². The van der Waals surface area contributed by atoms with Gasteiger partial charge in [-0.3, -0.25) is 0 Å². The molecule has 44 valence electrons. The molecule has 0 spiro atoms. The molecule has 0 heterocycles. The van der Waals surface area contributed by atoms with E-state index in [0.717, 1.165) is 12.0 Å². The molecule has 1 nitrogen and oxygen atoms in total. The Bertz CT molecular complexity index is 112. The summed E-state index contributed by atoms with van der Waals surface area (Å²) in [6.07, 6.45) is 5.80. The van der Waals surface area contributed by atoms with E-state index in [1.165, 1.54) is 6.21 Å². The maximum atomic E-state index is 6.82. The smallest absolute Gasteiger partial charge is 0.0209 e. The van der Waals surface area contributed by atoms with Crippen LogP contribution in [0, 0.1) is 5.41 Å². The first-order valence-corrected chi connectivity index (χ1v) is 2.67. The Morgan fingerprint density at radius 1 is 1.75 bits per heavy atom. The van der Waals surface area contributed by atoms with Crippen molar-refractivity contribution in [2.45, 2.75) is 13.3 Å². The van der Waals surface area contributed by atoms with Gasteiger partial charge in [0.25, 0.3) is 0 Å². The van der Waals surface area contributed by atoms with Crippen LogP contribution < -0.4 is 0 Å². The molecule has 1 heteroatoms. The third-order valence-corrected chi connectivity index (χ3v) is 0.926. The molecular weight excluding hydrogens is 98.1 g/mol. The van der Waals surface area contributed by atoms with Crippen LogP contribution in [0.5, 0.6) is 0 Å². The minimum atomic E-state index is 0.912. The zero-order chi connectivity index (χ0) is 6.41. The Morgan fingerprint density at radius 3 is 2.50 bits per heavy atom. The highest BCUT2D eigenvalue weighted by Gasteiger charge is 1.80. The molecule has 0 aliphatic rings. The van der Waals surface area contributed by atoms with Gasteiger partial charge in [0.15, 0.2) is 0 Å². The maximum absolute atomic E-state index is 6.82. The second-order valence-corrected chi connectivity index (χ2v) is 1.48. The van der Waals surface area contributed by atoms with Crippen molar-refractivity contribution in [3.8, 4) is 0 Å². The van der Waals surface area contributed by atoms with Gasteiger partial charge in [-0.05, 0) is 12.0 Å². The number of rotatable bonds is 3. The van der Waals surface area contributed by atoms with Crippen molar-refractivity contribution >= 4 is 6.21 Å². The topological polar surface area (TPSA) is 23.9 Å². The molecule has 0 rings (SSSR count). The minimum absolute atomic E-state index is 0.912. The fourth-order valence-corrected chi connectivity index (χ4v) is 0.419. The normalized spacial score (nSPS) is 10.9. The third-order valence-electron chi connectivity index (χ3n) is 0.926. The molecule has 0 aromatic carbocycles. The molecule has 8 heavy (non-hydrogen) atoms. The summed E-state index contributed by atoms with van der Waals surface area (Å²) in [5.41, 5.74) is 1.01. The Morgan fingerprint density at radius 2 is 2.38 bits per heavy atom. The lowest BCUT2D eigenvalue weighted by molar-refractivity contribution is 1.17. The summed E-state index contributed by atoms with van der Waals surface area (Å²) < 4.78 is 0. The van der Waals surface area contributed by atoms with Gasteiger partial charge in [0.05, 0.1) is 0 Å². The molecule has 0 aromatic rings. The highest BCUT2D eigenvalue weighted by Crippen LogP contribution is 1.94. The third kappa shape index (κ3) is 2.35. The van der Waals surface area contributed by atoms with Gasteiger partial charge in [0.1, 0.15) is 0 Å². The second kappa shape index (κ2) is 4.31. The van der Waals surface area contributed by atoms with Crippen molar-refractivity contribution in [1.82, 2.24) is 0 Å². The van der Waals surface area contributed by atoms with Crippen LogP contribution in [0.25, 0.3) is 0 Å². The summed E-state index contributed by atoms with van der Waals surface area (Å²) in [5, 5.41) is 6.82. The van der Waals surface area contributed by atoms with Crippen LogP contribution in [0.15, 0.2) is 24.3 Å². The van der Waals surface area contributed by atoms with Crippen molar-refractivity contribution < 1.29 is 0 Å². The van der Waals surface area contributed by atoms with Crippen molar-refractivity contribution in [1.29, 1.82) is 5.41 Å². The van der Waals surface area contributed by atoms with E-state index in [1.807, 2.05) is 13.0 Å². The predicted octanol–water partition coefficient (Wildman–Crippen LogP) is 2.16. The Kier molecular flexibility index (Phi) is 3.85. The first kappa shape index (κ1) is 7.15. The van der Waals surface area contributed by atoms with E-state index >= 15 is 0 Å². The highest BCUT2D eigenvalue weighted by molar-refractivity contribution is 5.75. The monoisotopic (exact) mass is 109 g/mol. The van der Waals surface area contributed by atoms with Gasteiger partial charge in [-0.2, -0.15) is 0 Å². The number of hydrogen-bond donors (Lipinski definition) is 1. The van der Waals surface area contributed by atoms with Gasteiger partial charge in [-0.25, -0.2) is 0 Å². The molecule has 0 atom stereocenters. The largest absolute Gasteiger partial charge is 0.308 e. The zero-order valence-electron chi connectivity index (χ0n) is 5.15. The molecule has 0 aliphatic carbocycles. The van der Waals surface area contributed by atoms with Crippen LogP contribution >= 0.6 is 0 Å². The highest BCUT2D eigenvalue weighted by atomic mass is 14.3. The van der Waals surface area contributed by atoms with Crippen molar-refractivity contribution in [3.05, 3.63) is 24.3 Å². The van der Waals surface area contributed by atoms with Crippen LogP contribution in [-0.4, -0.2) is 6.21 Å². The standard InChI is InChI=1S/C7H11N/c1-3-5-7(4-2)6-8/h3,5-6,8H,1,4H2,2H3/b7-5-,8-6?. The van der Waals surface area contributed by atoms with Crippen molar-refractivity contribution in [2.75, 3.05) is 0 Å². The van der Waals surface area contributed by atoms with E-state index in [1.54, 1.807) is 6.08 Å². The first-order chi connectivity index (χ1) is 3.85. The van der Waals surface area contributed by atoms with Gasteiger partial charge in [-0.1, -0.05) is 25.7 Å². The lowest BCUT2D eigenvalue weighted by atomic mass is 10.2. The summed E-state index contributed by atoms with van der Waals surface area (Å²) in [7, 11) is 0. The van der Waals surface area contributed by atoms with Crippen LogP contribution in [-0.2, 0) is 0 Å².